The fourth-order valence-electron chi connectivity index (χ4n) is 2.85. The molecular weight excluding hydrogens is 402 g/mol. The highest BCUT2D eigenvalue weighted by Gasteiger charge is 2.29. The average Bonchev–Trinajstić information content (AvgIpc) is 2.75. The van der Waals surface area contributed by atoms with Gasteiger partial charge in [0, 0.05) is 10.6 Å². The van der Waals surface area contributed by atoms with E-state index in [0.29, 0.717) is 27.6 Å². The molecule has 0 unspecified atom stereocenters. The second kappa shape index (κ2) is 9.56. The topological polar surface area (TPSA) is 102 Å². The van der Waals surface area contributed by atoms with E-state index in [-0.39, 0.29) is 0 Å². The largest absolute Gasteiger partial charge is 0.497 e. The molecule has 0 spiro atoms. The Bertz CT molecular complexity index is 1020. The number of hydrogen-bond donors (Lipinski definition) is 3. The molecule has 6 nitrogen and oxygen atoms in total. The maximum absolute atomic E-state index is 11.5. The summed E-state index contributed by atoms with van der Waals surface area (Å²) >= 11 is 1.17. The Labute approximate surface area is 179 Å². The van der Waals surface area contributed by atoms with Crippen molar-refractivity contribution in [2.24, 2.45) is 0 Å². The second-order valence-corrected chi connectivity index (χ2v) is 7.85. The summed E-state index contributed by atoms with van der Waals surface area (Å²) in [5, 5.41) is 19.0. The van der Waals surface area contributed by atoms with Gasteiger partial charge in [-0.05, 0) is 54.4 Å². The van der Waals surface area contributed by atoms with E-state index in [9.17, 15) is 15.0 Å². The Morgan fingerprint density at radius 3 is 2.33 bits per heavy atom. The van der Waals surface area contributed by atoms with Gasteiger partial charge in [-0.3, -0.25) is 0 Å². The van der Waals surface area contributed by atoms with Crippen LogP contribution >= 0.6 is 11.8 Å². The van der Waals surface area contributed by atoms with Gasteiger partial charge in [0.05, 0.1) is 12.4 Å². The number of aliphatic hydroxyl groups is 1. The molecule has 0 saturated carbocycles. The number of methoxy groups -OCH3 is 1. The zero-order valence-corrected chi connectivity index (χ0v) is 17.4. The third-order valence-corrected chi connectivity index (χ3v) is 5.94. The third kappa shape index (κ3) is 5.06. The molecule has 2 atom stereocenters. The first-order chi connectivity index (χ1) is 14.4. The molecule has 0 radical (unpaired) electrons. The Hall–Kier alpha value is -3.16. The number of carboxylic acids is 1. The molecule has 0 bridgehead atoms. The fourth-order valence-corrected chi connectivity index (χ4v) is 4.05. The lowest BCUT2D eigenvalue weighted by Gasteiger charge is -2.21. The number of benzene rings is 3. The average molecular weight is 426 g/mol. The number of aliphatic hydroxyl groups excluding tert-OH is 1. The fraction of sp³-hybridized carbons (Fsp3) is 0.174. The molecule has 0 amide bonds. The molecule has 3 aromatic carbocycles. The highest BCUT2D eigenvalue weighted by molar-refractivity contribution is 7.99. The summed E-state index contributed by atoms with van der Waals surface area (Å²) in [4.78, 5) is 12.1. The van der Waals surface area contributed by atoms with Crippen LogP contribution in [0, 0.1) is 6.92 Å². The van der Waals surface area contributed by atoms with E-state index >= 15 is 0 Å². The van der Waals surface area contributed by atoms with Crippen molar-refractivity contribution in [1.82, 2.24) is 0 Å². The van der Waals surface area contributed by atoms with Gasteiger partial charge in [0.25, 0.3) is 0 Å². The molecule has 0 aromatic heterocycles. The van der Waals surface area contributed by atoms with Crippen LogP contribution in [0.3, 0.4) is 0 Å². The molecule has 0 aliphatic rings. The van der Waals surface area contributed by atoms with Gasteiger partial charge < -0.3 is 25.4 Å². The second-order valence-electron chi connectivity index (χ2n) is 6.66. The normalized spacial score (nSPS) is 12.8. The van der Waals surface area contributed by atoms with Gasteiger partial charge in [0.15, 0.2) is 6.10 Å². The molecule has 4 N–H and O–H groups in total. The third-order valence-electron chi connectivity index (χ3n) is 4.54. The summed E-state index contributed by atoms with van der Waals surface area (Å²) in [6.07, 6.45) is -1.62. The molecule has 0 aliphatic heterocycles. The minimum atomic E-state index is -1.62. The highest BCUT2D eigenvalue weighted by Crippen LogP contribution is 2.42. The molecule has 0 saturated heterocycles. The quantitative estimate of drug-likeness (QED) is 0.356. The molecule has 30 heavy (non-hydrogen) atoms. The van der Waals surface area contributed by atoms with Crippen molar-refractivity contribution in [3.05, 3.63) is 77.9 Å². The smallest absolute Gasteiger partial charge is 0.334 e. The number of hydrogen-bond acceptors (Lipinski definition) is 6. The van der Waals surface area contributed by atoms with Crippen LogP contribution in [0.4, 0.5) is 5.69 Å². The number of nitrogens with two attached hydrogens (primary N) is 1. The van der Waals surface area contributed by atoms with E-state index in [1.54, 1.807) is 49.6 Å². The van der Waals surface area contributed by atoms with Crippen LogP contribution in [0.15, 0.2) is 71.6 Å². The molecule has 7 heteroatoms. The molecule has 156 valence electrons. The van der Waals surface area contributed by atoms with Crippen molar-refractivity contribution in [3.63, 3.8) is 0 Å². The van der Waals surface area contributed by atoms with E-state index < -0.39 is 17.3 Å². The summed E-state index contributed by atoms with van der Waals surface area (Å²) in [5.74, 6) is 0.615. The highest BCUT2D eigenvalue weighted by atomic mass is 32.2. The first kappa shape index (κ1) is 21.5. The van der Waals surface area contributed by atoms with Gasteiger partial charge in [0.1, 0.15) is 17.2 Å². The number of para-hydroxylation sites is 1. The Morgan fingerprint density at radius 2 is 1.70 bits per heavy atom. The SMILES string of the molecule is COc1ccc([C@H](Sc2cc(Oc3ccccc3C)ccc2N)[C@@H](O)C(=O)O)cc1. The van der Waals surface area contributed by atoms with Crippen molar-refractivity contribution >= 4 is 23.4 Å². The lowest BCUT2D eigenvalue weighted by atomic mass is 10.1. The summed E-state index contributed by atoms with van der Waals surface area (Å²) < 4.78 is 11.1. The monoisotopic (exact) mass is 425 g/mol. The van der Waals surface area contributed by atoms with Gasteiger partial charge in [-0.2, -0.15) is 0 Å². The van der Waals surface area contributed by atoms with E-state index in [1.165, 1.54) is 11.8 Å². The van der Waals surface area contributed by atoms with Crippen LogP contribution in [0.5, 0.6) is 17.2 Å². The van der Waals surface area contributed by atoms with Crippen molar-refractivity contribution in [2.75, 3.05) is 12.8 Å². The number of carbonyl (C=O) groups is 1. The lowest BCUT2D eigenvalue weighted by molar-refractivity contribution is -0.146. The van der Waals surface area contributed by atoms with Crippen molar-refractivity contribution in [3.8, 4) is 17.2 Å². The maximum Gasteiger partial charge on any atom is 0.334 e. The van der Waals surface area contributed by atoms with Crippen LogP contribution < -0.4 is 15.2 Å². The van der Waals surface area contributed by atoms with Crippen molar-refractivity contribution in [2.45, 2.75) is 23.2 Å². The minimum absolute atomic E-state index is 0.466. The summed E-state index contributed by atoms with van der Waals surface area (Å²) in [5.41, 5.74) is 8.23. The number of thioether (sulfide) groups is 1. The van der Waals surface area contributed by atoms with Gasteiger partial charge in [-0.25, -0.2) is 4.79 Å². The molecule has 3 aromatic rings. The van der Waals surface area contributed by atoms with Crippen molar-refractivity contribution < 1.29 is 24.5 Å². The minimum Gasteiger partial charge on any atom is -0.497 e. The number of nitrogen functional groups attached to an aromatic ring is 1. The Morgan fingerprint density at radius 1 is 1.03 bits per heavy atom. The van der Waals surface area contributed by atoms with E-state index in [1.807, 2.05) is 31.2 Å². The zero-order valence-electron chi connectivity index (χ0n) is 16.6. The number of rotatable bonds is 8. The molecule has 3 rings (SSSR count). The van der Waals surface area contributed by atoms with Crippen LogP contribution in [0.25, 0.3) is 0 Å². The van der Waals surface area contributed by atoms with Crippen molar-refractivity contribution in [1.29, 1.82) is 0 Å². The van der Waals surface area contributed by atoms with E-state index in [2.05, 4.69) is 0 Å². The van der Waals surface area contributed by atoms with Gasteiger partial charge in [-0.15, -0.1) is 11.8 Å². The molecule has 0 heterocycles. The molecule has 0 fully saturated rings. The van der Waals surface area contributed by atoms with Gasteiger partial charge in [-0.1, -0.05) is 30.3 Å². The number of aliphatic carboxylic acids is 1. The van der Waals surface area contributed by atoms with Crippen LogP contribution in [0.2, 0.25) is 0 Å². The van der Waals surface area contributed by atoms with Crippen LogP contribution in [-0.2, 0) is 4.79 Å². The molecule has 0 aliphatic carbocycles. The zero-order chi connectivity index (χ0) is 21.7. The Kier molecular flexibility index (Phi) is 6.87. The first-order valence-electron chi connectivity index (χ1n) is 9.23. The Balaban J connectivity index is 1.91. The summed E-state index contributed by atoms with van der Waals surface area (Å²) in [7, 11) is 1.55. The van der Waals surface area contributed by atoms with Gasteiger partial charge >= 0.3 is 5.97 Å². The number of aryl methyl sites for hydroxylation is 1. The van der Waals surface area contributed by atoms with E-state index in [0.717, 1.165) is 11.3 Å². The number of anilines is 1. The first-order valence-corrected chi connectivity index (χ1v) is 10.1. The van der Waals surface area contributed by atoms with Gasteiger partial charge in [0.2, 0.25) is 0 Å². The maximum atomic E-state index is 11.5. The molecular formula is C23H23NO5S. The summed E-state index contributed by atoms with van der Waals surface area (Å²) in [6, 6.07) is 19.7. The number of carboxylic acid groups (broad SMARTS) is 1. The predicted molar refractivity (Wildman–Crippen MR) is 117 cm³/mol. The number of ether oxygens (including phenoxy) is 2. The lowest BCUT2D eigenvalue weighted by Crippen LogP contribution is -2.26. The van der Waals surface area contributed by atoms with Crippen LogP contribution in [-0.4, -0.2) is 29.4 Å². The van der Waals surface area contributed by atoms with E-state index in [4.69, 9.17) is 15.2 Å². The standard InChI is InChI=1S/C23H23NO5S/c1-14-5-3-4-6-19(14)29-17-11-12-18(24)20(13-17)30-22(21(25)23(26)27)15-7-9-16(28-2)10-8-15/h3-13,21-22,25H,24H2,1-2H3,(H,26,27)/t21-,22+/m1/s1. The predicted octanol–water partition coefficient (Wildman–Crippen LogP) is 4.66. The summed E-state index contributed by atoms with van der Waals surface area (Å²) in [6.45, 7) is 1.95. The van der Waals surface area contributed by atoms with Crippen LogP contribution in [0.1, 0.15) is 16.4 Å².